The maximum Gasteiger partial charge on any atom is 0.0622 e. The largest absolute Gasteiger partial charge is 0.392 e. The maximum atomic E-state index is 9.75. The SMILES string of the molecule is CCCCC/C=C/[C@H](C)[C@@H](O)C(C)C. The van der Waals surface area contributed by atoms with E-state index in [1.165, 1.54) is 19.3 Å². The molecule has 84 valence electrons. The molecule has 1 nitrogen and oxygen atoms in total. The fourth-order valence-corrected chi connectivity index (χ4v) is 1.54. The summed E-state index contributed by atoms with van der Waals surface area (Å²) in [7, 11) is 0. The minimum absolute atomic E-state index is 0.197. The fraction of sp³-hybridized carbons (Fsp3) is 0.846. The van der Waals surface area contributed by atoms with E-state index in [-0.39, 0.29) is 12.0 Å². The first kappa shape index (κ1) is 13.7. The van der Waals surface area contributed by atoms with E-state index in [0.29, 0.717) is 5.92 Å². The Morgan fingerprint density at radius 3 is 2.29 bits per heavy atom. The Morgan fingerprint density at radius 1 is 1.14 bits per heavy atom. The summed E-state index contributed by atoms with van der Waals surface area (Å²) in [6.45, 7) is 8.42. The van der Waals surface area contributed by atoms with Crippen LogP contribution >= 0.6 is 0 Å². The minimum Gasteiger partial charge on any atom is -0.392 e. The third-order valence-electron chi connectivity index (χ3n) is 2.64. The molecule has 0 saturated heterocycles. The van der Waals surface area contributed by atoms with Gasteiger partial charge in [0.05, 0.1) is 6.10 Å². The molecule has 0 radical (unpaired) electrons. The van der Waals surface area contributed by atoms with Crippen molar-refractivity contribution >= 4 is 0 Å². The molecule has 0 saturated carbocycles. The van der Waals surface area contributed by atoms with Gasteiger partial charge in [0, 0.05) is 5.92 Å². The lowest BCUT2D eigenvalue weighted by Gasteiger charge is -2.18. The van der Waals surface area contributed by atoms with E-state index >= 15 is 0 Å². The highest BCUT2D eigenvalue weighted by atomic mass is 16.3. The van der Waals surface area contributed by atoms with Gasteiger partial charge in [-0.25, -0.2) is 0 Å². The molecule has 0 aliphatic rings. The number of hydrogen-bond donors (Lipinski definition) is 1. The minimum atomic E-state index is -0.197. The van der Waals surface area contributed by atoms with E-state index in [2.05, 4.69) is 39.8 Å². The lowest BCUT2D eigenvalue weighted by atomic mass is 9.94. The zero-order chi connectivity index (χ0) is 11.0. The lowest BCUT2D eigenvalue weighted by molar-refractivity contribution is 0.0910. The monoisotopic (exact) mass is 198 g/mol. The van der Waals surface area contributed by atoms with Crippen LogP contribution in [0.3, 0.4) is 0 Å². The summed E-state index contributed by atoms with van der Waals surface area (Å²) in [4.78, 5) is 0. The van der Waals surface area contributed by atoms with Gasteiger partial charge in [0.2, 0.25) is 0 Å². The van der Waals surface area contributed by atoms with Crippen molar-refractivity contribution < 1.29 is 5.11 Å². The molecular weight excluding hydrogens is 172 g/mol. The number of aliphatic hydroxyl groups is 1. The van der Waals surface area contributed by atoms with E-state index in [9.17, 15) is 5.11 Å². The predicted molar refractivity (Wildman–Crippen MR) is 63.3 cm³/mol. The Morgan fingerprint density at radius 2 is 1.79 bits per heavy atom. The average molecular weight is 198 g/mol. The quantitative estimate of drug-likeness (QED) is 0.487. The van der Waals surface area contributed by atoms with Gasteiger partial charge in [0.15, 0.2) is 0 Å². The number of hydrogen-bond acceptors (Lipinski definition) is 1. The van der Waals surface area contributed by atoms with Gasteiger partial charge < -0.3 is 5.11 Å². The molecule has 0 fully saturated rings. The molecule has 0 heterocycles. The molecule has 1 N–H and O–H groups in total. The molecule has 1 heteroatoms. The number of rotatable bonds is 7. The van der Waals surface area contributed by atoms with Gasteiger partial charge in [-0.1, -0.05) is 52.7 Å². The Kier molecular flexibility index (Phi) is 7.87. The first-order valence-electron chi connectivity index (χ1n) is 5.94. The van der Waals surface area contributed by atoms with Crippen molar-refractivity contribution in [2.24, 2.45) is 11.8 Å². The van der Waals surface area contributed by atoms with Gasteiger partial charge in [-0.05, 0) is 18.8 Å². The molecule has 0 aliphatic heterocycles. The van der Waals surface area contributed by atoms with Gasteiger partial charge in [0.1, 0.15) is 0 Å². The third kappa shape index (κ3) is 6.20. The molecule has 2 atom stereocenters. The maximum absolute atomic E-state index is 9.75. The van der Waals surface area contributed by atoms with E-state index in [1.54, 1.807) is 0 Å². The van der Waals surface area contributed by atoms with Crippen LogP contribution in [0.5, 0.6) is 0 Å². The molecule has 0 aliphatic carbocycles. The van der Waals surface area contributed by atoms with Crippen LogP contribution in [0.4, 0.5) is 0 Å². The van der Waals surface area contributed by atoms with E-state index in [0.717, 1.165) is 6.42 Å². The molecule has 0 spiro atoms. The number of unbranched alkanes of at least 4 members (excludes halogenated alkanes) is 3. The summed E-state index contributed by atoms with van der Waals surface area (Å²) in [5, 5.41) is 9.75. The highest BCUT2D eigenvalue weighted by Gasteiger charge is 2.14. The summed E-state index contributed by atoms with van der Waals surface area (Å²) >= 11 is 0. The van der Waals surface area contributed by atoms with Gasteiger partial charge in [0.25, 0.3) is 0 Å². The second-order valence-corrected chi connectivity index (χ2v) is 4.52. The van der Waals surface area contributed by atoms with E-state index in [4.69, 9.17) is 0 Å². The summed E-state index contributed by atoms with van der Waals surface area (Å²) in [6, 6.07) is 0. The lowest BCUT2D eigenvalue weighted by Crippen LogP contribution is -2.21. The molecule has 0 amide bonds. The van der Waals surface area contributed by atoms with Crippen LogP contribution in [-0.4, -0.2) is 11.2 Å². The summed E-state index contributed by atoms with van der Waals surface area (Å²) in [6.07, 6.45) is 9.19. The van der Waals surface area contributed by atoms with Crippen LogP contribution in [0.2, 0.25) is 0 Å². The van der Waals surface area contributed by atoms with Crippen molar-refractivity contribution in [1.82, 2.24) is 0 Å². The van der Waals surface area contributed by atoms with Crippen LogP contribution in [0.1, 0.15) is 53.4 Å². The van der Waals surface area contributed by atoms with Crippen LogP contribution in [-0.2, 0) is 0 Å². The zero-order valence-corrected chi connectivity index (χ0v) is 10.2. The second kappa shape index (κ2) is 8.05. The third-order valence-corrected chi connectivity index (χ3v) is 2.64. The van der Waals surface area contributed by atoms with Gasteiger partial charge in [-0.3, -0.25) is 0 Å². The van der Waals surface area contributed by atoms with Crippen LogP contribution in [0.25, 0.3) is 0 Å². The van der Waals surface area contributed by atoms with Crippen molar-refractivity contribution in [3.8, 4) is 0 Å². The van der Waals surface area contributed by atoms with Crippen LogP contribution in [0.15, 0.2) is 12.2 Å². The zero-order valence-electron chi connectivity index (χ0n) is 10.2. The van der Waals surface area contributed by atoms with Crippen molar-refractivity contribution in [1.29, 1.82) is 0 Å². The van der Waals surface area contributed by atoms with Crippen molar-refractivity contribution in [2.75, 3.05) is 0 Å². The van der Waals surface area contributed by atoms with Gasteiger partial charge >= 0.3 is 0 Å². The van der Waals surface area contributed by atoms with E-state index in [1.807, 2.05) is 0 Å². The topological polar surface area (TPSA) is 20.2 Å². The number of allylic oxidation sites excluding steroid dienone is 1. The Hall–Kier alpha value is -0.300. The molecule has 0 aromatic carbocycles. The summed E-state index contributed by atoms with van der Waals surface area (Å²) in [5.74, 6) is 0.641. The molecule has 0 aromatic heterocycles. The Labute approximate surface area is 89.2 Å². The van der Waals surface area contributed by atoms with Gasteiger partial charge in [-0.15, -0.1) is 0 Å². The first-order valence-corrected chi connectivity index (χ1v) is 5.94. The predicted octanol–water partition coefficient (Wildman–Crippen LogP) is 3.78. The molecule has 0 aromatic rings. The highest BCUT2D eigenvalue weighted by molar-refractivity contribution is 4.90. The Bertz CT molecular complexity index is 149. The first-order chi connectivity index (χ1) is 6.59. The second-order valence-electron chi connectivity index (χ2n) is 4.52. The molecular formula is C13H26O. The average Bonchev–Trinajstić information content (AvgIpc) is 2.16. The highest BCUT2D eigenvalue weighted by Crippen LogP contribution is 2.14. The van der Waals surface area contributed by atoms with Crippen molar-refractivity contribution in [2.45, 2.75) is 59.5 Å². The molecule has 0 unspecified atom stereocenters. The molecule has 0 rings (SSSR count). The van der Waals surface area contributed by atoms with Crippen molar-refractivity contribution in [3.63, 3.8) is 0 Å². The summed E-state index contributed by atoms with van der Waals surface area (Å²) in [5.41, 5.74) is 0. The fourth-order valence-electron chi connectivity index (χ4n) is 1.54. The smallest absolute Gasteiger partial charge is 0.0622 e. The standard InChI is InChI=1S/C13H26O/c1-5-6-7-8-9-10-12(4)13(14)11(2)3/h9-14H,5-8H2,1-4H3/b10-9+/t12-,13-/m0/s1. The normalized spacial score (nSPS) is 16.4. The Balaban J connectivity index is 3.64. The molecule has 0 bridgehead atoms. The molecule has 14 heavy (non-hydrogen) atoms. The van der Waals surface area contributed by atoms with Crippen LogP contribution < -0.4 is 0 Å². The van der Waals surface area contributed by atoms with Crippen molar-refractivity contribution in [3.05, 3.63) is 12.2 Å². The van der Waals surface area contributed by atoms with E-state index < -0.39 is 0 Å². The van der Waals surface area contributed by atoms with Crippen LogP contribution in [0, 0.1) is 11.8 Å². The number of aliphatic hydroxyl groups excluding tert-OH is 1. The van der Waals surface area contributed by atoms with Gasteiger partial charge in [-0.2, -0.15) is 0 Å². The summed E-state index contributed by atoms with van der Waals surface area (Å²) < 4.78 is 0.